The lowest BCUT2D eigenvalue weighted by atomic mass is 10.1. The van der Waals surface area contributed by atoms with Gasteiger partial charge in [-0.05, 0) is 31.7 Å². The Hall–Kier alpha value is -2.04. The largest absolute Gasteiger partial charge is 0.360 e. The van der Waals surface area contributed by atoms with Crippen molar-refractivity contribution >= 4 is 21.4 Å². The van der Waals surface area contributed by atoms with Gasteiger partial charge in [0.15, 0.2) is 11.6 Å². The van der Waals surface area contributed by atoms with Crippen LogP contribution in [-0.4, -0.2) is 41.1 Å². The van der Waals surface area contributed by atoms with Gasteiger partial charge in [0.25, 0.3) is 5.89 Å². The monoisotopic (exact) mass is 380 g/mol. The maximum atomic E-state index is 12.9. The minimum absolute atomic E-state index is 0.0901. The molecule has 0 aromatic carbocycles. The number of hydrogen-bond donors (Lipinski definition) is 0. The van der Waals surface area contributed by atoms with Crippen molar-refractivity contribution in [1.29, 1.82) is 0 Å². The molecule has 0 unspecified atom stereocenters. The van der Waals surface area contributed by atoms with E-state index in [4.69, 9.17) is 9.05 Å². The molecule has 3 aromatic rings. The molecule has 0 spiro atoms. The fourth-order valence-electron chi connectivity index (χ4n) is 3.03. The predicted molar refractivity (Wildman–Crippen MR) is 89.7 cm³/mol. The van der Waals surface area contributed by atoms with E-state index in [1.807, 2.05) is 17.5 Å². The highest BCUT2D eigenvalue weighted by molar-refractivity contribution is 7.89. The first-order chi connectivity index (χ1) is 12.0. The maximum absolute atomic E-state index is 12.9. The van der Waals surface area contributed by atoms with Crippen LogP contribution in [0, 0.1) is 13.8 Å². The van der Waals surface area contributed by atoms with Crippen LogP contribution in [0.2, 0.25) is 0 Å². The van der Waals surface area contributed by atoms with Gasteiger partial charge in [0, 0.05) is 19.0 Å². The van der Waals surface area contributed by atoms with Crippen LogP contribution in [0.1, 0.15) is 29.6 Å². The van der Waals surface area contributed by atoms with Crippen LogP contribution in [0.25, 0.3) is 10.8 Å². The van der Waals surface area contributed by atoms with Crippen molar-refractivity contribution in [2.24, 2.45) is 0 Å². The molecule has 1 atom stereocenters. The summed E-state index contributed by atoms with van der Waals surface area (Å²) in [7, 11) is -3.64. The van der Waals surface area contributed by atoms with Gasteiger partial charge in [-0.2, -0.15) is 9.29 Å². The summed E-state index contributed by atoms with van der Waals surface area (Å²) in [6, 6.07) is 3.82. The van der Waals surface area contributed by atoms with Crippen molar-refractivity contribution in [1.82, 2.24) is 19.6 Å². The molecule has 0 saturated carbocycles. The summed E-state index contributed by atoms with van der Waals surface area (Å²) in [5, 5.41) is 9.72. The minimum Gasteiger partial charge on any atom is -0.360 e. The fourth-order valence-corrected chi connectivity index (χ4v) is 5.47. The number of sulfonamides is 1. The van der Waals surface area contributed by atoms with Gasteiger partial charge in [-0.3, -0.25) is 0 Å². The van der Waals surface area contributed by atoms with Crippen LogP contribution in [-0.2, 0) is 10.0 Å². The first-order valence-electron chi connectivity index (χ1n) is 7.77. The van der Waals surface area contributed by atoms with Gasteiger partial charge in [0.2, 0.25) is 10.0 Å². The fraction of sp³-hybridized carbons (Fsp3) is 0.400. The molecule has 0 amide bonds. The molecule has 10 heteroatoms. The Labute approximate surface area is 148 Å². The molecule has 1 aliphatic heterocycles. The van der Waals surface area contributed by atoms with Gasteiger partial charge in [0.05, 0.1) is 4.88 Å². The Morgan fingerprint density at radius 3 is 2.80 bits per heavy atom. The predicted octanol–water partition coefficient (Wildman–Crippen LogP) is 2.58. The number of hydrogen-bond acceptors (Lipinski definition) is 8. The van der Waals surface area contributed by atoms with E-state index >= 15 is 0 Å². The highest BCUT2D eigenvalue weighted by Crippen LogP contribution is 2.33. The number of nitrogens with zero attached hydrogens (tertiary/aromatic N) is 4. The van der Waals surface area contributed by atoms with Crippen LogP contribution in [0.4, 0.5) is 0 Å². The van der Waals surface area contributed by atoms with Crippen LogP contribution >= 0.6 is 11.3 Å². The molecule has 0 N–H and O–H groups in total. The van der Waals surface area contributed by atoms with E-state index in [1.165, 1.54) is 15.6 Å². The van der Waals surface area contributed by atoms with Crippen molar-refractivity contribution in [3.8, 4) is 10.8 Å². The van der Waals surface area contributed by atoms with Gasteiger partial charge in [-0.25, -0.2) is 8.42 Å². The summed E-state index contributed by atoms with van der Waals surface area (Å²) >= 11 is 1.52. The van der Waals surface area contributed by atoms with Crippen LogP contribution in [0.5, 0.6) is 0 Å². The quantitative estimate of drug-likeness (QED) is 0.685. The van der Waals surface area contributed by atoms with Crippen molar-refractivity contribution in [2.75, 3.05) is 13.1 Å². The van der Waals surface area contributed by atoms with Crippen molar-refractivity contribution in [3.63, 3.8) is 0 Å². The molecular weight excluding hydrogens is 364 g/mol. The van der Waals surface area contributed by atoms with E-state index in [2.05, 4.69) is 15.3 Å². The lowest BCUT2D eigenvalue weighted by Gasteiger charge is -2.15. The summed E-state index contributed by atoms with van der Waals surface area (Å²) in [5.41, 5.74) is 0.375. The second-order valence-corrected chi connectivity index (χ2v) is 8.76. The highest BCUT2D eigenvalue weighted by Gasteiger charge is 2.38. The number of thiophene rings is 1. The van der Waals surface area contributed by atoms with Crippen molar-refractivity contribution in [3.05, 3.63) is 34.8 Å². The number of aromatic nitrogens is 3. The van der Waals surface area contributed by atoms with E-state index < -0.39 is 10.0 Å². The summed E-state index contributed by atoms with van der Waals surface area (Å²) in [5.74, 6) is 1.23. The number of aryl methyl sites for hydroxylation is 2. The smallest absolute Gasteiger partial charge is 0.267 e. The molecule has 0 bridgehead atoms. The minimum atomic E-state index is -3.64. The third-order valence-corrected chi connectivity index (χ3v) is 7.22. The summed E-state index contributed by atoms with van der Waals surface area (Å²) in [4.78, 5) is 5.48. The third-order valence-electron chi connectivity index (χ3n) is 4.26. The zero-order valence-corrected chi connectivity index (χ0v) is 15.3. The Bertz CT molecular complexity index is 971. The molecule has 1 fully saturated rings. The van der Waals surface area contributed by atoms with E-state index in [1.54, 1.807) is 13.8 Å². The van der Waals surface area contributed by atoms with Crippen LogP contribution < -0.4 is 0 Å². The van der Waals surface area contributed by atoms with Crippen LogP contribution in [0.15, 0.2) is 31.5 Å². The van der Waals surface area contributed by atoms with Gasteiger partial charge in [-0.15, -0.1) is 11.3 Å². The Morgan fingerprint density at radius 1 is 1.28 bits per heavy atom. The molecule has 1 aliphatic rings. The first-order valence-corrected chi connectivity index (χ1v) is 10.1. The lowest BCUT2D eigenvalue weighted by molar-refractivity contribution is 0.389. The average Bonchev–Trinajstić information content (AvgIpc) is 3.35. The Morgan fingerprint density at radius 2 is 2.12 bits per heavy atom. The topological polar surface area (TPSA) is 102 Å². The molecule has 0 radical (unpaired) electrons. The highest BCUT2D eigenvalue weighted by atomic mass is 32.2. The molecule has 4 heterocycles. The van der Waals surface area contributed by atoms with E-state index in [0.717, 1.165) is 4.88 Å². The Balaban J connectivity index is 1.56. The van der Waals surface area contributed by atoms with Crippen molar-refractivity contribution < 1.29 is 17.5 Å². The van der Waals surface area contributed by atoms with Crippen molar-refractivity contribution in [2.45, 2.75) is 31.1 Å². The molecule has 25 heavy (non-hydrogen) atoms. The molecule has 0 aliphatic carbocycles. The standard InChI is InChI=1S/C15H16N4O4S2/c1-9-13(10(2)22-17-9)25(20,21)19-6-5-11(8-19)14-16-15(23-18-14)12-4-3-7-24-12/h3-4,7,11H,5-6,8H2,1-2H3/t11-/m0/s1. The Kier molecular flexibility index (Phi) is 3.97. The van der Waals surface area contributed by atoms with Crippen LogP contribution in [0.3, 0.4) is 0 Å². The second-order valence-electron chi connectivity index (χ2n) is 5.94. The molecule has 4 rings (SSSR count). The lowest BCUT2D eigenvalue weighted by Crippen LogP contribution is -2.29. The maximum Gasteiger partial charge on any atom is 0.267 e. The molecule has 1 saturated heterocycles. The average molecular weight is 380 g/mol. The zero-order chi connectivity index (χ0) is 17.6. The summed E-state index contributed by atoms with van der Waals surface area (Å²) in [6.07, 6.45) is 0.645. The SMILES string of the molecule is Cc1noc(C)c1S(=O)(=O)N1CC[C@H](c2noc(-c3cccs3)n2)C1. The normalized spacial score (nSPS) is 18.9. The molecular formula is C15H16N4O4S2. The van der Waals surface area contributed by atoms with E-state index in [-0.39, 0.29) is 10.8 Å². The molecule has 3 aromatic heterocycles. The second kappa shape index (κ2) is 6.04. The van der Waals surface area contributed by atoms with Gasteiger partial charge in [-0.1, -0.05) is 16.4 Å². The molecule has 8 nitrogen and oxygen atoms in total. The van der Waals surface area contributed by atoms with Gasteiger partial charge < -0.3 is 9.05 Å². The zero-order valence-electron chi connectivity index (χ0n) is 13.7. The van der Waals surface area contributed by atoms with E-state index in [0.29, 0.717) is 42.7 Å². The molecule has 132 valence electrons. The number of rotatable bonds is 4. The summed E-state index contributed by atoms with van der Waals surface area (Å²) < 4.78 is 37.5. The first kappa shape index (κ1) is 16.4. The third kappa shape index (κ3) is 2.79. The van der Waals surface area contributed by atoms with E-state index in [9.17, 15) is 8.42 Å². The van der Waals surface area contributed by atoms with Gasteiger partial charge in [0.1, 0.15) is 10.6 Å². The summed E-state index contributed by atoms with van der Waals surface area (Å²) in [6.45, 7) is 3.95. The van der Waals surface area contributed by atoms with Gasteiger partial charge >= 0.3 is 0 Å².